The molecule has 2 aromatic rings. The third-order valence-electron chi connectivity index (χ3n) is 6.59. The molecule has 2 fully saturated rings. The monoisotopic (exact) mass is 420 g/mol. The smallest absolute Gasteiger partial charge is 0.254 e. The van der Waals surface area contributed by atoms with Gasteiger partial charge in [-0.15, -0.1) is 0 Å². The van der Waals surface area contributed by atoms with E-state index in [9.17, 15) is 9.59 Å². The zero-order chi connectivity index (χ0) is 21.8. The lowest BCUT2D eigenvalue weighted by Crippen LogP contribution is -2.56. The summed E-state index contributed by atoms with van der Waals surface area (Å²) in [6.07, 6.45) is 5.64. The molecule has 1 aromatic carbocycles. The van der Waals surface area contributed by atoms with Crippen LogP contribution in [0.5, 0.6) is 0 Å². The summed E-state index contributed by atoms with van der Waals surface area (Å²) < 4.78 is 0. The number of hydrogen-bond donors (Lipinski definition) is 0. The Labute approximate surface area is 184 Å². The van der Waals surface area contributed by atoms with Crippen LogP contribution in [0.25, 0.3) is 0 Å². The predicted molar refractivity (Wildman–Crippen MR) is 121 cm³/mol. The van der Waals surface area contributed by atoms with E-state index in [1.54, 1.807) is 25.2 Å². The Morgan fingerprint density at radius 2 is 1.74 bits per heavy atom. The summed E-state index contributed by atoms with van der Waals surface area (Å²) in [5.41, 5.74) is 1.77. The van der Waals surface area contributed by atoms with Gasteiger partial charge in [-0.05, 0) is 62.5 Å². The Kier molecular flexibility index (Phi) is 6.37. The maximum absolute atomic E-state index is 13.7. The fourth-order valence-electron chi connectivity index (χ4n) is 5.01. The maximum Gasteiger partial charge on any atom is 0.254 e. The van der Waals surface area contributed by atoms with E-state index in [0.29, 0.717) is 19.5 Å². The van der Waals surface area contributed by atoms with Crippen molar-refractivity contribution >= 4 is 11.8 Å². The Balaban J connectivity index is 1.63. The molecule has 1 unspecified atom stereocenters. The van der Waals surface area contributed by atoms with Crippen LogP contribution in [-0.4, -0.2) is 71.8 Å². The van der Waals surface area contributed by atoms with Crippen LogP contribution in [0.2, 0.25) is 0 Å². The van der Waals surface area contributed by atoms with E-state index in [-0.39, 0.29) is 11.8 Å². The van der Waals surface area contributed by atoms with Crippen LogP contribution in [0.1, 0.15) is 47.3 Å². The molecule has 2 amide bonds. The number of carbonyl (C=O) groups excluding carboxylic acids is 2. The second-order valence-corrected chi connectivity index (χ2v) is 8.97. The minimum Gasteiger partial charge on any atom is -0.348 e. The molecule has 0 saturated carbocycles. The number of aromatic nitrogens is 1. The zero-order valence-electron chi connectivity index (χ0n) is 18.6. The molecular weight excluding hydrogens is 388 g/mol. The Hall–Kier alpha value is -2.73. The van der Waals surface area contributed by atoms with E-state index in [4.69, 9.17) is 0 Å². The topological polar surface area (TPSA) is 56.8 Å². The van der Waals surface area contributed by atoms with Gasteiger partial charge in [0.25, 0.3) is 5.91 Å². The first-order valence-corrected chi connectivity index (χ1v) is 11.2. The van der Waals surface area contributed by atoms with Crippen LogP contribution in [-0.2, 0) is 16.8 Å². The van der Waals surface area contributed by atoms with Crippen LogP contribution >= 0.6 is 0 Å². The van der Waals surface area contributed by atoms with Crippen LogP contribution in [0.15, 0.2) is 48.7 Å². The van der Waals surface area contributed by atoms with Gasteiger partial charge in [0.15, 0.2) is 0 Å². The lowest BCUT2D eigenvalue weighted by atomic mass is 9.75. The zero-order valence-corrected chi connectivity index (χ0v) is 18.6. The third kappa shape index (κ3) is 4.35. The van der Waals surface area contributed by atoms with Crippen molar-refractivity contribution in [1.82, 2.24) is 19.7 Å². The normalized spacial score (nSPS) is 21.8. The van der Waals surface area contributed by atoms with E-state index in [0.717, 1.165) is 42.9 Å². The van der Waals surface area contributed by atoms with Crippen LogP contribution in [0.4, 0.5) is 0 Å². The van der Waals surface area contributed by atoms with Crippen LogP contribution in [0, 0.1) is 0 Å². The molecule has 1 atom stereocenters. The highest BCUT2D eigenvalue weighted by atomic mass is 16.2. The van der Waals surface area contributed by atoms with Crippen molar-refractivity contribution < 1.29 is 9.59 Å². The number of piperidine rings is 1. The van der Waals surface area contributed by atoms with Crippen molar-refractivity contribution in [2.75, 3.05) is 40.3 Å². The Morgan fingerprint density at radius 3 is 2.45 bits per heavy atom. The minimum absolute atomic E-state index is 0.00838. The summed E-state index contributed by atoms with van der Waals surface area (Å²) in [5.74, 6) is 0.0235. The second-order valence-electron chi connectivity index (χ2n) is 8.97. The van der Waals surface area contributed by atoms with Crippen molar-refractivity contribution in [1.29, 1.82) is 0 Å². The highest BCUT2D eigenvalue weighted by Gasteiger charge is 2.47. The quantitative estimate of drug-likeness (QED) is 0.746. The number of likely N-dealkylation sites (tertiary alicyclic amines) is 2. The molecule has 164 valence electrons. The van der Waals surface area contributed by atoms with E-state index < -0.39 is 5.41 Å². The van der Waals surface area contributed by atoms with E-state index in [1.165, 1.54) is 12.8 Å². The number of hydrogen-bond acceptors (Lipinski definition) is 4. The number of pyridine rings is 1. The van der Waals surface area contributed by atoms with Gasteiger partial charge in [-0.2, -0.15) is 0 Å². The van der Waals surface area contributed by atoms with Crippen LogP contribution in [0.3, 0.4) is 0 Å². The van der Waals surface area contributed by atoms with Gasteiger partial charge >= 0.3 is 0 Å². The number of carbonyl (C=O) groups is 2. The van der Waals surface area contributed by atoms with Gasteiger partial charge in [0.2, 0.25) is 5.91 Å². The fourth-order valence-corrected chi connectivity index (χ4v) is 5.01. The number of nitrogens with zero attached hydrogens (tertiary/aromatic N) is 4. The summed E-state index contributed by atoms with van der Waals surface area (Å²) in [4.78, 5) is 37.5. The summed E-state index contributed by atoms with van der Waals surface area (Å²) in [7, 11) is 3.55. The first-order chi connectivity index (χ1) is 15.0. The standard InChI is InChI=1S/C25H32N4O2/c1-27(2)24(31)25(22-12-5-6-14-26-22)13-9-17-29(19-25)23(30)21-11-4-3-10-20(21)18-28-15-7-8-16-28/h3-6,10-12,14H,7-9,13,15-19H2,1-2H3. The Morgan fingerprint density at radius 1 is 1.00 bits per heavy atom. The van der Waals surface area contributed by atoms with Gasteiger partial charge in [0, 0.05) is 45.5 Å². The van der Waals surface area contributed by atoms with Crippen molar-refractivity contribution in [2.24, 2.45) is 0 Å². The average Bonchev–Trinajstić information content (AvgIpc) is 3.32. The largest absolute Gasteiger partial charge is 0.348 e. The molecule has 6 nitrogen and oxygen atoms in total. The molecule has 6 heteroatoms. The minimum atomic E-state index is -0.803. The predicted octanol–water partition coefficient (Wildman–Crippen LogP) is 2.94. The molecule has 1 aromatic heterocycles. The highest BCUT2D eigenvalue weighted by molar-refractivity contribution is 5.97. The molecule has 2 aliphatic heterocycles. The number of benzene rings is 1. The molecule has 0 bridgehead atoms. The molecule has 0 radical (unpaired) electrons. The van der Waals surface area contributed by atoms with Gasteiger partial charge in [-0.1, -0.05) is 24.3 Å². The first-order valence-electron chi connectivity index (χ1n) is 11.2. The lowest BCUT2D eigenvalue weighted by Gasteiger charge is -2.42. The van der Waals surface area contributed by atoms with Crippen molar-refractivity contribution in [3.63, 3.8) is 0 Å². The Bertz CT molecular complexity index is 924. The number of amides is 2. The molecule has 31 heavy (non-hydrogen) atoms. The number of rotatable bonds is 5. The van der Waals surface area contributed by atoms with Crippen molar-refractivity contribution in [2.45, 2.75) is 37.6 Å². The first kappa shape index (κ1) is 21.5. The molecule has 0 spiro atoms. The lowest BCUT2D eigenvalue weighted by molar-refractivity contribution is -0.136. The highest BCUT2D eigenvalue weighted by Crippen LogP contribution is 2.35. The summed E-state index contributed by atoms with van der Waals surface area (Å²) >= 11 is 0. The average molecular weight is 421 g/mol. The van der Waals surface area contributed by atoms with Crippen molar-refractivity contribution in [3.8, 4) is 0 Å². The molecule has 0 aliphatic carbocycles. The van der Waals surface area contributed by atoms with Gasteiger partial charge in [0.05, 0.1) is 5.69 Å². The van der Waals surface area contributed by atoms with E-state index in [1.807, 2.05) is 41.3 Å². The van der Waals surface area contributed by atoms with Gasteiger partial charge in [-0.3, -0.25) is 19.5 Å². The second kappa shape index (κ2) is 9.18. The molecule has 3 heterocycles. The van der Waals surface area contributed by atoms with Gasteiger partial charge in [-0.25, -0.2) is 0 Å². The van der Waals surface area contributed by atoms with E-state index in [2.05, 4.69) is 16.0 Å². The third-order valence-corrected chi connectivity index (χ3v) is 6.59. The maximum atomic E-state index is 13.7. The summed E-state index contributed by atoms with van der Waals surface area (Å²) in [6.45, 7) is 4.00. The van der Waals surface area contributed by atoms with Crippen molar-refractivity contribution in [3.05, 3.63) is 65.5 Å². The molecular formula is C25H32N4O2. The SMILES string of the molecule is CN(C)C(=O)C1(c2ccccn2)CCCN(C(=O)c2ccccc2CN2CCCC2)C1. The van der Waals surface area contributed by atoms with Gasteiger partial charge in [0.1, 0.15) is 5.41 Å². The number of likely N-dealkylation sites (N-methyl/N-ethyl adjacent to an activating group) is 1. The molecule has 2 aliphatic rings. The fraction of sp³-hybridized carbons (Fsp3) is 0.480. The molecule has 0 N–H and O–H groups in total. The van der Waals surface area contributed by atoms with E-state index >= 15 is 0 Å². The molecule has 4 rings (SSSR count). The van der Waals surface area contributed by atoms with Gasteiger partial charge < -0.3 is 9.80 Å². The summed E-state index contributed by atoms with van der Waals surface area (Å²) in [6, 6.07) is 13.6. The molecule has 2 saturated heterocycles. The van der Waals surface area contributed by atoms with Crippen LogP contribution < -0.4 is 0 Å². The summed E-state index contributed by atoms with van der Waals surface area (Å²) in [5, 5.41) is 0.